The van der Waals surface area contributed by atoms with Crippen LogP contribution < -0.4 is 21.7 Å². The molecule has 2 amide bonds. The van der Waals surface area contributed by atoms with Crippen LogP contribution in [0.3, 0.4) is 0 Å². The van der Waals surface area contributed by atoms with Crippen molar-refractivity contribution < 1.29 is 9.59 Å². The number of anilines is 2. The number of carbonyl (C=O) groups is 2. The molecule has 7 nitrogen and oxygen atoms in total. The average molecular weight is 257 g/mol. The van der Waals surface area contributed by atoms with Crippen LogP contribution in [0, 0.1) is 0 Å². The SMILES string of the molecule is CCNc1nc(N)c(C(=O)NCC(=O)NC)s1. The van der Waals surface area contributed by atoms with Crippen molar-refractivity contribution in [1.29, 1.82) is 0 Å². The first kappa shape index (κ1) is 13.2. The molecule has 8 heteroatoms. The Morgan fingerprint density at radius 2 is 2.18 bits per heavy atom. The standard InChI is InChI=1S/C9H15N5O2S/c1-3-12-9-14-7(10)6(17-9)8(16)13-4-5(15)11-2/h3-4,10H2,1-2H3,(H,11,15)(H,12,14)(H,13,16). The molecule has 0 saturated heterocycles. The van der Waals surface area contributed by atoms with E-state index in [1.54, 1.807) is 0 Å². The third-order valence-electron chi connectivity index (χ3n) is 1.88. The molecule has 94 valence electrons. The molecule has 0 radical (unpaired) electrons. The largest absolute Gasteiger partial charge is 0.382 e. The van der Waals surface area contributed by atoms with Crippen molar-refractivity contribution in [3.05, 3.63) is 4.88 Å². The van der Waals surface area contributed by atoms with Crippen molar-refractivity contribution in [3.63, 3.8) is 0 Å². The van der Waals surface area contributed by atoms with Gasteiger partial charge in [0.05, 0.1) is 6.54 Å². The first-order valence-corrected chi connectivity index (χ1v) is 5.89. The van der Waals surface area contributed by atoms with E-state index in [-0.39, 0.29) is 18.3 Å². The van der Waals surface area contributed by atoms with Crippen LogP contribution in [0.4, 0.5) is 10.9 Å². The van der Waals surface area contributed by atoms with Crippen LogP contribution in [0.15, 0.2) is 0 Å². The summed E-state index contributed by atoms with van der Waals surface area (Å²) >= 11 is 1.16. The highest BCUT2D eigenvalue weighted by Gasteiger charge is 2.16. The Morgan fingerprint density at radius 1 is 1.47 bits per heavy atom. The molecule has 0 atom stereocenters. The Morgan fingerprint density at radius 3 is 2.76 bits per heavy atom. The monoisotopic (exact) mass is 257 g/mol. The quantitative estimate of drug-likeness (QED) is 0.575. The Bertz CT molecular complexity index is 418. The van der Waals surface area contributed by atoms with E-state index in [0.717, 1.165) is 11.3 Å². The Hall–Kier alpha value is -1.83. The normalized spacial score (nSPS) is 9.76. The summed E-state index contributed by atoms with van der Waals surface area (Å²) < 4.78 is 0. The van der Waals surface area contributed by atoms with E-state index in [1.165, 1.54) is 7.05 Å². The summed E-state index contributed by atoms with van der Waals surface area (Å²) in [5.74, 6) is -0.499. The number of aromatic nitrogens is 1. The van der Waals surface area contributed by atoms with Gasteiger partial charge in [0.1, 0.15) is 10.7 Å². The van der Waals surface area contributed by atoms with Gasteiger partial charge in [-0.05, 0) is 6.92 Å². The molecule has 0 saturated carbocycles. The number of nitrogen functional groups attached to an aromatic ring is 1. The molecule has 5 N–H and O–H groups in total. The van der Waals surface area contributed by atoms with Crippen molar-refractivity contribution >= 4 is 34.1 Å². The Kier molecular flexibility index (Phi) is 4.70. The van der Waals surface area contributed by atoms with Gasteiger partial charge in [-0.1, -0.05) is 11.3 Å². The van der Waals surface area contributed by atoms with Gasteiger partial charge in [0.15, 0.2) is 5.13 Å². The minimum Gasteiger partial charge on any atom is -0.382 e. The fraction of sp³-hybridized carbons (Fsp3) is 0.444. The zero-order valence-corrected chi connectivity index (χ0v) is 10.5. The topological polar surface area (TPSA) is 109 Å². The van der Waals surface area contributed by atoms with Crippen LogP contribution in [-0.2, 0) is 4.79 Å². The predicted octanol–water partition coefficient (Wildman–Crippen LogP) is -0.367. The van der Waals surface area contributed by atoms with E-state index in [2.05, 4.69) is 20.9 Å². The number of amides is 2. The summed E-state index contributed by atoms with van der Waals surface area (Å²) in [4.78, 5) is 26.9. The number of thiazole rings is 1. The molecule has 0 spiro atoms. The van der Waals surface area contributed by atoms with Crippen LogP contribution in [0.1, 0.15) is 16.6 Å². The molecule has 0 aliphatic heterocycles. The van der Waals surface area contributed by atoms with E-state index in [1.807, 2.05) is 6.92 Å². The van der Waals surface area contributed by atoms with E-state index in [0.29, 0.717) is 16.6 Å². The van der Waals surface area contributed by atoms with Crippen LogP contribution >= 0.6 is 11.3 Å². The summed E-state index contributed by atoms with van der Waals surface area (Å²) in [6, 6.07) is 0. The lowest BCUT2D eigenvalue weighted by molar-refractivity contribution is -0.119. The molecule has 1 heterocycles. The zero-order valence-electron chi connectivity index (χ0n) is 9.66. The minimum absolute atomic E-state index is 0.0801. The number of carbonyl (C=O) groups excluding carboxylic acids is 2. The molecule has 0 aromatic carbocycles. The molecular formula is C9H15N5O2S. The van der Waals surface area contributed by atoms with Gasteiger partial charge in [-0.2, -0.15) is 0 Å². The first-order chi connectivity index (χ1) is 8.08. The summed E-state index contributed by atoms with van der Waals surface area (Å²) in [6.07, 6.45) is 0. The number of hydrogen-bond acceptors (Lipinski definition) is 6. The molecule has 0 aliphatic rings. The molecule has 0 aliphatic carbocycles. The van der Waals surface area contributed by atoms with Gasteiger partial charge in [-0.3, -0.25) is 9.59 Å². The molecule has 1 aromatic heterocycles. The maximum Gasteiger partial charge on any atom is 0.265 e. The summed E-state index contributed by atoms with van der Waals surface area (Å²) in [5.41, 5.74) is 5.61. The van der Waals surface area contributed by atoms with Crippen molar-refractivity contribution in [2.75, 3.05) is 31.2 Å². The number of hydrogen-bond donors (Lipinski definition) is 4. The summed E-state index contributed by atoms with van der Waals surface area (Å²) in [7, 11) is 1.50. The van der Waals surface area contributed by atoms with E-state index >= 15 is 0 Å². The van der Waals surface area contributed by atoms with Gasteiger partial charge >= 0.3 is 0 Å². The highest BCUT2D eigenvalue weighted by molar-refractivity contribution is 7.18. The molecular weight excluding hydrogens is 242 g/mol. The van der Waals surface area contributed by atoms with Gasteiger partial charge in [0.25, 0.3) is 5.91 Å². The van der Waals surface area contributed by atoms with E-state index in [4.69, 9.17) is 5.73 Å². The number of likely N-dealkylation sites (N-methyl/N-ethyl adjacent to an activating group) is 1. The lowest BCUT2D eigenvalue weighted by Crippen LogP contribution is -2.35. The van der Waals surface area contributed by atoms with Crippen molar-refractivity contribution in [2.45, 2.75) is 6.92 Å². The number of rotatable bonds is 5. The molecule has 1 rings (SSSR count). The second kappa shape index (κ2) is 6.04. The second-order valence-electron chi connectivity index (χ2n) is 3.12. The first-order valence-electron chi connectivity index (χ1n) is 5.07. The van der Waals surface area contributed by atoms with Crippen molar-refractivity contribution in [3.8, 4) is 0 Å². The van der Waals surface area contributed by atoms with E-state index in [9.17, 15) is 9.59 Å². The zero-order chi connectivity index (χ0) is 12.8. The van der Waals surface area contributed by atoms with Gasteiger partial charge in [0.2, 0.25) is 5.91 Å². The van der Waals surface area contributed by atoms with Gasteiger partial charge < -0.3 is 21.7 Å². The Balaban J connectivity index is 2.65. The third kappa shape index (κ3) is 3.59. The third-order valence-corrected chi connectivity index (χ3v) is 2.90. The van der Waals surface area contributed by atoms with Crippen LogP contribution in [-0.4, -0.2) is 36.9 Å². The summed E-state index contributed by atoms with van der Waals surface area (Å²) in [6.45, 7) is 2.54. The number of nitrogens with one attached hydrogen (secondary N) is 3. The smallest absolute Gasteiger partial charge is 0.265 e. The number of nitrogens with two attached hydrogens (primary N) is 1. The lowest BCUT2D eigenvalue weighted by atomic mass is 10.4. The molecule has 0 bridgehead atoms. The highest BCUT2D eigenvalue weighted by Crippen LogP contribution is 2.24. The van der Waals surface area contributed by atoms with E-state index < -0.39 is 5.91 Å². The fourth-order valence-electron chi connectivity index (χ4n) is 1.05. The number of nitrogens with zero attached hydrogens (tertiary/aromatic N) is 1. The molecule has 1 aromatic rings. The molecule has 0 fully saturated rings. The van der Waals surface area contributed by atoms with Crippen molar-refractivity contribution in [1.82, 2.24) is 15.6 Å². The summed E-state index contributed by atoms with van der Waals surface area (Å²) in [5, 5.41) is 8.42. The molecule has 0 unspecified atom stereocenters. The highest BCUT2D eigenvalue weighted by atomic mass is 32.1. The van der Waals surface area contributed by atoms with Gasteiger partial charge in [-0.25, -0.2) is 4.98 Å². The van der Waals surface area contributed by atoms with Crippen LogP contribution in [0.25, 0.3) is 0 Å². The van der Waals surface area contributed by atoms with Gasteiger partial charge in [0, 0.05) is 13.6 Å². The average Bonchev–Trinajstić information content (AvgIpc) is 2.67. The molecule has 17 heavy (non-hydrogen) atoms. The van der Waals surface area contributed by atoms with Gasteiger partial charge in [-0.15, -0.1) is 0 Å². The maximum absolute atomic E-state index is 11.7. The second-order valence-corrected chi connectivity index (χ2v) is 4.12. The fourth-order valence-corrected chi connectivity index (χ4v) is 1.92. The lowest BCUT2D eigenvalue weighted by Gasteiger charge is -2.02. The van der Waals surface area contributed by atoms with Crippen LogP contribution in [0.5, 0.6) is 0 Å². The van der Waals surface area contributed by atoms with Crippen LogP contribution in [0.2, 0.25) is 0 Å². The van der Waals surface area contributed by atoms with Crippen molar-refractivity contribution in [2.24, 2.45) is 0 Å². The Labute approximate surface area is 103 Å². The predicted molar refractivity (Wildman–Crippen MR) is 67.1 cm³/mol. The minimum atomic E-state index is -0.396. The maximum atomic E-state index is 11.7.